The highest BCUT2D eigenvalue weighted by Crippen LogP contribution is 2.27. The molecule has 0 aliphatic heterocycles. The molecular formula is C22H23NO4. The van der Waals surface area contributed by atoms with Gasteiger partial charge in [-0.3, -0.25) is 4.79 Å². The maximum atomic E-state index is 12.1. The fraction of sp³-hybridized carbons (Fsp3) is 0.273. The zero-order valence-corrected chi connectivity index (χ0v) is 15.7. The van der Waals surface area contributed by atoms with Crippen molar-refractivity contribution >= 4 is 22.6 Å². The van der Waals surface area contributed by atoms with Gasteiger partial charge in [0, 0.05) is 23.2 Å². The number of benzene rings is 2. The molecule has 2 aromatic carbocycles. The Morgan fingerprint density at radius 3 is 2.52 bits per heavy atom. The van der Waals surface area contributed by atoms with Crippen LogP contribution in [0, 0.1) is 0 Å². The van der Waals surface area contributed by atoms with Gasteiger partial charge in [-0.15, -0.1) is 0 Å². The van der Waals surface area contributed by atoms with Crippen molar-refractivity contribution in [2.45, 2.75) is 33.1 Å². The largest absolute Gasteiger partial charge is 0.484 e. The third kappa shape index (κ3) is 4.56. The molecule has 5 nitrogen and oxygen atoms in total. The minimum atomic E-state index is -0.392. The number of carbonyl (C=O) groups excluding carboxylic acids is 1. The van der Waals surface area contributed by atoms with Gasteiger partial charge in [-0.1, -0.05) is 32.9 Å². The maximum Gasteiger partial charge on any atom is 0.336 e. The van der Waals surface area contributed by atoms with Crippen molar-refractivity contribution in [3.8, 4) is 5.75 Å². The van der Waals surface area contributed by atoms with Gasteiger partial charge in [0.15, 0.2) is 6.61 Å². The summed E-state index contributed by atoms with van der Waals surface area (Å²) in [6.07, 6.45) is 0.952. The van der Waals surface area contributed by atoms with E-state index in [2.05, 4.69) is 12.2 Å². The number of hydrogen-bond acceptors (Lipinski definition) is 4. The number of amides is 1. The van der Waals surface area contributed by atoms with E-state index in [-0.39, 0.29) is 18.4 Å². The third-order valence-electron chi connectivity index (χ3n) is 4.39. The molecule has 3 rings (SSSR count). The van der Waals surface area contributed by atoms with E-state index in [4.69, 9.17) is 9.15 Å². The summed E-state index contributed by atoms with van der Waals surface area (Å²) in [6.45, 7) is 6.00. The molecule has 5 heteroatoms. The first kappa shape index (κ1) is 18.7. The van der Waals surface area contributed by atoms with Gasteiger partial charge in [0.05, 0.1) is 0 Å². The monoisotopic (exact) mass is 365 g/mol. The molecular weight excluding hydrogens is 342 g/mol. The Morgan fingerprint density at radius 2 is 1.85 bits per heavy atom. The molecule has 0 unspecified atom stereocenters. The summed E-state index contributed by atoms with van der Waals surface area (Å²) in [4.78, 5) is 23.9. The van der Waals surface area contributed by atoms with E-state index in [9.17, 15) is 9.59 Å². The summed E-state index contributed by atoms with van der Waals surface area (Å²) in [5.41, 5.74) is 2.94. The van der Waals surface area contributed by atoms with Crippen LogP contribution in [0.15, 0.2) is 57.7 Å². The topological polar surface area (TPSA) is 68.5 Å². The van der Waals surface area contributed by atoms with Crippen LogP contribution >= 0.6 is 0 Å². The van der Waals surface area contributed by atoms with E-state index in [1.165, 1.54) is 11.6 Å². The van der Waals surface area contributed by atoms with Crippen LogP contribution in [-0.4, -0.2) is 12.5 Å². The molecule has 1 aromatic heterocycles. The third-order valence-corrected chi connectivity index (χ3v) is 4.39. The van der Waals surface area contributed by atoms with Gasteiger partial charge in [0.1, 0.15) is 11.3 Å². The van der Waals surface area contributed by atoms with E-state index in [1.807, 2.05) is 44.2 Å². The van der Waals surface area contributed by atoms with Crippen molar-refractivity contribution in [3.05, 3.63) is 70.1 Å². The lowest BCUT2D eigenvalue weighted by Gasteiger charge is -2.11. The lowest BCUT2D eigenvalue weighted by molar-refractivity contribution is -0.118. The lowest BCUT2D eigenvalue weighted by atomic mass is 10.00. The molecule has 0 spiro atoms. The molecule has 0 atom stereocenters. The summed E-state index contributed by atoms with van der Waals surface area (Å²) < 4.78 is 10.8. The fourth-order valence-corrected chi connectivity index (χ4v) is 2.91. The van der Waals surface area contributed by atoms with E-state index < -0.39 is 5.63 Å². The Morgan fingerprint density at radius 1 is 1.11 bits per heavy atom. The number of carbonyl (C=O) groups is 1. The molecule has 0 saturated carbocycles. The summed E-state index contributed by atoms with van der Waals surface area (Å²) in [7, 11) is 0. The first-order chi connectivity index (χ1) is 13.0. The van der Waals surface area contributed by atoms with Crippen LogP contribution in [0.5, 0.6) is 5.75 Å². The average Bonchev–Trinajstić information content (AvgIpc) is 2.66. The van der Waals surface area contributed by atoms with Gasteiger partial charge in [-0.2, -0.15) is 0 Å². The molecule has 0 saturated heterocycles. The van der Waals surface area contributed by atoms with Crippen molar-refractivity contribution in [3.63, 3.8) is 0 Å². The number of ether oxygens (including phenoxy) is 1. The van der Waals surface area contributed by atoms with Crippen LogP contribution in [0.3, 0.4) is 0 Å². The molecule has 0 bridgehead atoms. The lowest BCUT2D eigenvalue weighted by Crippen LogP contribution is -2.20. The Hall–Kier alpha value is -3.08. The zero-order chi connectivity index (χ0) is 19.4. The van der Waals surface area contributed by atoms with Gasteiger partial charge < -0.3 is 14.5 Å². The second-order valence-corrected chi connectivity index (χ2v) is 6.72. The quantitative estimate of drug-likeness (QED) is 0.653. The zero-order valence-electron chi connectivity index (χ0n) is 15.7. The average molecular weight is 365 g/mol. The maximum absolute atomic E-state index is 12.1. The minimum Gasteiger partial charge on any atom is -0.484 e. The molecule has 0 aliphatic rings. The highest BCUT2D eigenvalue weighted by atomic mass is 16.5. The Labute approximate surface area is 158 Å². The molecule has 0 radical (unpaired) electrons. The molecule has 140 valence electrons. The van der Waals surface area contributed by atoms with Crippen LogP contribution in [-0.2, 0) is 11.2 Å². The summed E-state index contributed by atoms with van der Waals surface area (Å²) in [6, 6.07) is 14.5. The van der Waals surface area contributed by atoms with Crippen molar-refractivity contribution in [1.29, 1.82) is 0 Å². The van der Waals surface area contributed by atoms with E-state index >= 15 is 0 Å². The predicted octanol–water partition coefficient (Wildman–Crippen LogP) is 4.50. The highest BCUT2D eigenvalue weighted by molar-refractivity contribution is 5.92. The van der Waals surface area contributed by atoms with Crippen molar-refractivity contribution < 1.29 is 13.9 Å². The number of nitrogens with one attached hydrogen (secondary N) is 1. The molecule has 1 amide bonds. The van der Waals surface area contributed by atoms with E-state index in [1.54, 1.807) is 12.1 Å². The smallest absolute Gasteiger partial charge is 0.336 e. The normalized spacial score (nSPS) is 11.0. The van der Waals surface area contributed by atoms with Crippen molar-refractivity contribution in [1.82, 2.24) is 0 Å². The van der Waals surface area contributed by atoms with Gasteiger partial charge >= 0.3 is 5.63 Å². The van der Waals surface area contributed by atoms with E-state index in [0.29, 0.717) is 11.3 Å². The Balaban J connectivity index is 1.69. The molecule has 0 aliphatic carbocycles. The number of fused-ring (bicyclic) bond motifs is 1. The number of rotatable bonds is 6. The van der Waals surface area contributed by atoms with Gasteiger partial charge in [-0.05, 0) is 47.7 Å². The van der Waals surface area contributed by atoms with Crippen LogP contribution in [0.1, 0.15) is 37.8 Å². The standard InChI is InChI=1S/C22H23NO4/c1-4-15-5-7-16(8-6-15)23-21(24)13-26-17-9-10-18-19(14(2)3)12-22(25)27-20(18)11-17/h5-12,14H,4,13H2,1-3H3,(H,23,24). The SMILES string of the molecule is CCc1ccc(NC(=O)COc2ccc3c(C(C)C)cc(=O)oc3c2)cc1. The predicted molar refractivity (Wildman–Crippen MR) is 107 cm³/mol. The minimum absolute atomic E-state index is 0.130. The highest BCUT2D eigenvalue weighted by Gasteiger charge is 2.11. The number of hydrogen-bond donors (Lipinski definition) is 1. The fourth-order valence-electron chi connectivity index (χ4n) is 2.91. The van der Waals surface area contributed by atoms with E-state index in [0.717, 1.165) is 23.1 Å². The Kier molecular flexibility index (Phi) is 5.60. The van der Waals surface area contributed by atoms with Crippen molar-refractivity contribution in [2.24, 2.45) is 0 Å². The second-order valence-electron chi connectivity index (χ2n) is 6.72. The van der Waals surface area contributed by atoms with Crippen LogP contribution in [0.4, 0.5) is 5.69 Å². The molecule has 1 N–H and O–H groups in total. The molecule has 27 heavy (non-hydrogen) atoms. The van der Waals surface area contributed by atoms with Crippen LogP contribution in [0.25, 0.3) is 11.0 Å². The first-order valence-corrected chi connectivity index (χ1v) is 9.05. The number of anilines is 1. The van der Waals surface area contributed by atoms with Gasteiger partial charge in [-0.25, -0.2) is 4.79 Å². The van der Waals surface area contributed by atoms with Gasteiger partial charge in [0.2, 0.25) is 0 Å². The van der Waals surface area contributed by atoms with Crippen LogP contribution in [0.2, 0.25) is 0 Å². The Bertz CT molecular complexity index is 1000. The van der Waals surface area contributed by atoms with Gasteiger partial charge in [0.25, 0.3) is 5.91 Å². The summed E-state index contributed by atoms with van der Waals surface area (Å²) >= 11 is 0. The van der Waals surface area contributed by atoms with Crippen LogP contribution < -0.4 is 15.7 Å². The second kappa shape index (κ2) is 8.08. The molecule has 1 heterocycles. The summed E-state index contributed by atoms with van der Waals surface area (Å²) in [5, 5.41) is 3.67. The molecule has 3 aromatic rings. The first-order valence-electron chi connectivity index (χ1n) is 9.05. The number of aryl methyl sites for hydroxylation is 1. The molecule has 0 fully saturated rings. The summed E-state index contributed by atoms with van der Waals surface area (Å²) in [5.74, 6) is 0.424. The van der Waals surface area contributed by atoms with Crippen molar-refractivity contribution in [2.75, 3.05) is 11.9 Å².